The Hall–Kier alpha value is -3.29. The van der Waals surface area contributed by atoms with Gasteiger partial charge < -0.3 is 15.0 Å². The van der Waals surface area contributed by atoms with Gasteiger partial charge in [0.25, 0.3) is 0 Å². The standard InChI is InChI=1S/C25H22ClFN4OS/c1-14-11-15(2)22(16(3)12-14)28-25(33)30-29-23-17-7-4-5-10-21(17)31(24(23)32)13-18-19(26)8-6-9-20(18)27/h4-12,32H,13H2,1-3H3,(H,28,33). The molecular formula is C25H22ClFN4OS. The second-order valence-corrected chi connectivity index (χ2v) is 8.67. The zero-order valence-corrected chi connectivity index (χ0v) is 19.9. The van der Waals surface area contributed by atoms with E-state index >= 15 is 0 Å². The molecule has 0 aliphatic carbocycles. The van der Waals surface area contributed by atoms with Crippen LogP contribution >= 0.6 is 23.8 Å². The number of fused-ring (bicyclic) bond motifs is 1. The molecule has 0 saturated carbocycles. The maximum absolute atomic E-state index is 14.4. The number of thiocarbonyl (C=S) groups is 1. The van der Waals surface area contributed by atoms with Crippen LogP contribution in [0.1, 0.15) is 22.3 Å². The molecule has 4 rings (SSSR count). The molecule has 3 aromatic carbocycles. The Morgan fingerprint density at radius 3 is 2.48 bits per heavy atom. The van der Waals surface area contributed by atoms with Gasteiger partial charge >= 0.3 is 0 Å². The summed E-state index contributed by atoms with van der Waals surface area (Å²) in [6, 6.07) is 15.9. The first-order valence-electron chi connectivity index (χ1n) is 10.3. The van der Waals surface area contributed by atoms with Gasteiger partial charge in [-0.25, -0.2) is 4.39 Å². The maximum atomic E-state index is 14.4. The smallest absolute Gasteiger partial charge is 0.221 e. The Morgan fingerprint density at radius 2 is 1.79 bits per heavy atom. The van der Waals surface area contributed by atoms with Crippen molar-refractivity contribution in [1.29, 1.82) is 0 Å². The van der Waals surface area contributed by atoms with Gasteiger partial charge in [-0.1, -0.05) is 53.6 Å². The van der Waals surface area contributed by atoms with Crippen molar-refractivity contribution in [2.45, 2.75) is 27.3 Å². The molecule has 0 aliphatic rings. The number of hydrogen-bond acceptors (Lipinski definition) is 3. The minimum absolute atomic E-state index is 0.0395. The van der Waals surface area contributed by atoms with Crippen molar-refractivity contribution in [1.82, 2.24) is 4.57 Å². The van der Waals surface area contributed by atoms with Crippen molar-refractivity contribution in [3.8, 4) is 5.88 Å². The number of para-hydroxylation sites is 1. The molecule has 1 aromatic heterocycles. The lowest BCUT2D eigenvalue weighted by Gasteiger charge is -2.12. The quantitative estimate of drug-likeness (QED) is 0.233. The second kappa shape index (κ2) is 9.29. The van der Waals surface area contributed by atoms with Gasteiger partial charge in [0.15, 0.2) is 5.69 Å². The van der Waals surface area contributed by atoms with Crippen LogP contribution in [0.3, 0.4) is 0 Å². The minimum Gasteiger partial charge on any atom is -0.493 e. The summed E-state index contributed by atoms with van der Waals surface area (Å²) >= 11 is 11.6. The molecule has 0 amide bonds. The topological polar surface area (TPSA) is 61.9 Å². The SMILES string of the molecule is Cc1cc(C)c(NC(=S)N=Nc2c(O)n(Cc3c(F)cccc3Cl)c3ccccc23)c(C)c1. The van der Waals surface area contributed by atoms with Gasteiger partial charge in [-0.2, -0.15) is 0 Å². The van der Waals surface area contributed by atoms with Crippen LogP contribution in [0.25, 0.3) is 10.9 Å². The molecule has 0 unspecified atom stereocenters. The molecule has 0 atom stereocenters. The number of nitrogens with one attached hydrogen (secondary N) is 1. The minimum atomic E-state index is -0.447. The summed E-state index contributed by atoms with van der Waals surface area (Å²) in [6.45, 7) is 6.07. The van der Waals surface area contributed by atoms with Crippen LogP contribution in [-0.2, 0) is 6.54 Å². The van der Waals surface area contributed by atoms with Gasteiger partial charge in [-0.15, -0.1) is 10.2 Å². The van der Waals surface area contributed by atoms with Crippen LogP contribution in [-0.4, -0.2) is 14.8 Å². The van der Waals surface area contributed by atoms with E-state index in [0.717, 1.165) is 22.4 Å². The number of nitrogens with zero attached hydrogens (tertiary/aromatic N) is 3. The van der Waals surface area contributed by atoms with Crippen molar-refractivity contribution in [3.05, 3.63) is 87.7 Å². The van der Waals surface area contributed by atoms with Crippen molar-refractivity contribution in [2.24, 2.45) is 10.2 Å². The predicted molar refractivity (Wildman–Crippen MR) is 136 cm³/mol. The summed E-state index contributed by atoms with van der Waals surface area (Å²) in [7, 11) is 0. The summed E-state index contributed by atoms with van der Waals surface area (Å²) in [5.41, 5.74) is 5.34. The average Bonchev–Trinajstić information content (AvgIpc) is 3.02. The van der Waals surface area contributed by atoms with Crippen molar-refractivity contribution in [2.75, 3.05) is 5.32 Å². The zero-order chi connectivity index (χ0) is 23.7. The summed E-state index contributed by atoms with van der Waals surface area (Å²) in [4.78, 5) is 0. The molecule has 0 radical (unpaired) electrons. The third-order valence-corrected chi connectivity index (χ3v) is 5.98. The zero-order valence-electron chi connectivity index (χ0n) is 18.4. The Labute approximate surface area is 201 Å². The van der Waals surface area contributed by atoms with Crippen LogP contribution in [0, 0.1) is 26.6 Å². The van der Waals surface area contributed by atoms with Crippen LogP contribution in [0.5, 0.6) is 5.88 Å². The molecule has 1 heterocycles. The first-order valence-corrected chi connectivity index (χ1v) is 11.1. The molecule has 0 bridgehead atoms. The van der Waals surface area contributed by atoms with E-state index in [4.69, 9.17) is 23.8 Å². The second-order valence-electron chi connectivity index (χ2n) is 7.88. The molecule has 0 spiro atoms. The van der Waals surface area contributed by atoms with E-state index < -0.39 is 5.82 Å². The fourth-order valence-electron chi connectivity index (χ4n) is 3.98. The van der Waals surface area contributed by atoms with Gasteiger partial charge in [0.05, 0.1) is 12.1 Å². The molecule has 168 valence electrons. The summed E-state index contributed by atoms with van der Waals surface area (Å²) < 4.78 is 15.9. The molecule has 33 heavy (non-hydrogen) atoms. The normalized spacial score (nSPS) is 11.4. The molecular weight excluding hydrogens is 459 g/mol. The van der Waals surface area contributed by atoms with Crippen LogP contribution in [0.2, 0.25) is 5.02 Å². The van der Waals surface area contributed by atoms with E-state index in [1.807, 2.05) is 45.0 Å². The van der Waals surface area contributed by atoms with E-state index in [1.165, 1.54) is 6.07 Å². The first kappa shape index (κ1) is 22.9. The highest BCUT2D eigenvalue weighted by molar-refractivity contribution is 7.80. The molecule has 5 nitrogen and oxygen atoms in total. The third kappa shape index (κ3) is 4.60. The van der Waals surface area contributed by atoms with Crippen LogP contribution < -0.4 is 5.32 Å². The Kier molecular flexibility index (Phi) is 6.44. The monoisotopic (exact) mass is 480 g/mol. The Bertz CT molecular complexity index is 1370. The van der Waals surface area contributed by atoms with Gasteiger partial charge in [-0.3, -0.25) is 0 Å². The number of benzene rings is 3. The number of aromatic hydroxyl groups is 1. The summed E-state index contributed by atoms with van der Waals surface area (Å²) in [6.07, 6.45) is 0. The Morgan fingerprint density at radius 1 is 1.09 bits per heavy atom. The van der Waals surface area contributed by atoms with E-state index in [-0.39, 0.29) is 33.8 Å². The number of hydrogen-bond donors (Lipinski definition) is 2. The highest BCUT2D eigenvalue weighted by atomic mass is 35.5. The summed E-state index contributed by atoms with van der Waals surface area (Å²) in [5, 5.41) is 23.6. The molecule has 0 fully saturated rings. The largest absolute Gasteiger partial charge is 0.493 e. The van der Waals surface area contributed by atoms with Crippen molar-refractivity contribution < 1.29 is 9.50 Å². The number of anilines is 1. The maximum Gasteiger partial charge on any atom is 0.221 e. The van der Waals surface area contributed by atoms with Crippen LogP contribution in [0.4, 0.5) is 15.8 Å². The van der Waals surface area contributed by atoms with Gasteiger partial charge in [0.1, 0.15) is 5.82 Å². The lowest BCUT2D eigenvalue weighted by Crippen LogP contribution is -2.08. The molecule has 0 saturated heterocycles. The number of halogens is 2. The lowest BCUT2D eigenvalue weighted by atomic mass is 10.1. The highest BCUT2D eigenvalue weighted by Gasteiger charge is 2.19. The van der Waals surface area contributed by atoms with Gasteiger partial charge in [-0.05, 0) is 62.3 Å². The van der Waals surface area contributed by atoms with E-state index in [2.05, 4.69) is 27.7 Å². The number of aromatic nitrogens is 1. The predicted octanol–water partition coefficient (Wildman–Crippen LogP) is 7.59. The van der Waals surface area contributed by atoms with E-state index in [0.29, 0.717) is 10.9 Å². The van der Waals surface area contributed by atoms with Gasteiger partial charge in [0, 0.05) is 21.7 Å². The van der Waals surface area contributed by atoms with Gasteiger partial charge in [0.2, 0.25) is 11.0 Å². The molecule has 0 aliphatic heterocycles. The fourth-order valence-corrected chi connectivity index (χ4v) is 4.34. The van der Waals surface area contributed by atoms with E-state index in [9.17, 15) is 9.50 Å². The first-order chi connectivity index (χ1) is 15.8. The van der Waals surface area contributed by atoms with E-state index in [1.54, 1.807) is 16.7 Å². The lowest BCUT2D eigenvalue weighted by molar-refractivity contribution is 0.428. The van der Waals surface area contributed by atoms with Crippen molar-refractivity contribution >= 4 is 51.2 Å². The number of aryl methyl sites for hydroxylation is 3. The fraction of sp³-hybridized carbons (Fsp3) is 0.160. The molecule has 4 aromatic rings. The molecule has 8 heteroatoms. The highest BCUT2D eigenvalue weighted by Crippen LogP contribution is 2.40. The third-order valence-electron chi connectivity index (χ3n) is 5.45. The Balaban J connectivity index is 1.68. The average molecular weight is 481 g/mol. The number of rotatable bonds is 4. The van der Waals surface area contributed by atoms with Crippen molar-refractivity contribution in [3.63, 3.8) is 0 Å². The number of azo groups is 1. The van der Waals surface area contributed by atoms with Crippen LogP contribution in [0.15, 0.2) is 64.8 Å². The molecule has 2 N–H and O–H groups in total. The summed E-state index contributed by atoms with van der Waals surface area (Å²) in [5.74, 6) is -0.596.